The molecular weight excluding hydrogens is 280 g/mol. The quantitative estimate of drug-likeness (QED) is 0.847. The van der Waals surface area contributed by atoms with Crippen LogP contribution in [0.3, 0.4) is 0 Å². The number of aliphatic hydroxyl groups is 1. The third-order valence-corrected chi connectivity index (χ3v) is 4.59. The summed E-state index contributed by atoms with van der Waals surface area (Å²) in [5, 5.41) is 12.7. The van der Waals surface area contributed by atoms with E-state index in [4.69, 9.17) is 4.74 Å². The Morgan fingerprint density at radius 3 is 3.05 bits per heavy atom. The van der Waals surface area contributed by atoms with E-state index >= 15 is 0 Å². The van der Waals surface area contributed by atoms with E-state index in [9.17, 15) is 9.90 Å². The lowest BCUT2D eigenvalue weighted by molar-refractivity contribution is -0.123. The van der Waals surface area contributed by atoms with Gasteiger partial charge in [-0.05, 0) is 30.4 Å². The Kier molecular flexibility index (Phi) is 5.08. The number of nitrogens with one attached hydrogen (secondary N) is 1. The van der Waals surface area contributed by atoms with Crippen LogP contribution in [0.2, 0.25) is 0 Å². The summed E-state index contributed by atoms with van der Waals surface area (Å²) in [6.07, 6.45) is 3.19. The van der Waals surface area contributed by atoms with Crippen LogP contribution >= 0.6 is 0 Å². The van der Waals surface area contributed by atoms with Crippen LogP contribution in [0.1, 0.15) is 30.0 Å². The smallest absolute Gasteiger partial charge is 0.234 e. The molecule has 3 rings (SSSR count). The van der Waals surface area contributed by atoms with E-state index in [1.165, 1.54) is 5.56 Å². The Balaban J connectivity index is 1.56. The molecule has 2 heterocycles. The second-order valence-corrected chi connectivity index (χ2v) is 6.06. The number of carbonyl (C=O) groups excluding carboxylic acids is 1. The minimum absolute atomic E-state index is 0.00771. The summed E-state index contributed by atoms with van der Waals surface area (Å²) in [5.74, 6) is 0.00771. The van der Waals surface area contributed by atoms with E-state index in [-0.39, 0.29) is 24.7 Å². The molecule has 0 aliphatic carbocycles. The molecule has 1 aromatic carbocycles. The van der Waals surface area contributed by atoms with Gasteiger partial charge in [0.05, 0.1) is 25.3 Å². The van der Waals surface area contributed by atoms with Crippen LogP contribution in [-0.2, 0) is 16.0 Å². The third kappa shape index (κ3) is 3.48. The summed E-state index contributed by atoms with van der Waals surface area (Å²) in [4.78, 5) is 14.2. The van der Waals surface area contributed by atoms with Gasteiger partial charge in [0.1, 0.15) is 0 Å². The lowest BCUT2D eigenvalue weighted by Crippen LogP contribution is -2.45. The Labute approximate surface area is 131 Å². The van der Waals surface area contributed by atoms with E-state index in [0.29, 0.717) is 13.1 Å². The van der Waals surface area contributed by atoms with E-state index in [1.54, 1.807) is 0 Å². The number of carbonyl (C=O) groups is 1. The maximum absolute atomic E-state index is 12.2. The molecular formula is C17H24N2O3. The predicted octanol–water partition coefficient (Wildman–Crippen LogP) is 0.873. The van der Waals surface area contributed by atoms with Crippen molar-refractivity contribution in [3.8, 4) is 0 Å². The topological polar surface area (TPSA) is 61.8 Å². The Morgan fingerprint density at radius 1 is 1.41 bits per heavy atom. The van der Waals surface area contributed by atoms with Gasteiger partial charge in [-0.15, -0.1) is 0 Å². The Morgan fingerprint density at radius 2 is 2.27 bits per heavy atom. The van der Waals surface area contributed by atoms with Crippen molar-refractivity contribution in [1.82, 2.24) is 10.2 Å². The summed E-state index contributed by atoms with van der Waals surface area (Å²) < 4.78 is 5.51. The number of nitrogens with zero attached hydrogens (tertiary/aromatic N) is 1. The van der Waals surface area contributed by atoms with Crippen molar-refractivity contribution in [3.63, 3.8) is 0 Å². The molecule has 0 aromatic heterocycles. The first-order chi connectivity index (χ1) is 10.8. The molecule has 22 heavy (non-hydrogen) atoms. The standard InChI is InChI=1S/C17H24N2O3/c20-12-16-15-6-2-1-4-13(15)7-8-19(16)11-17(21)18-10-14-5-3-9-22-14/h1-2,4,6,14,16,20H,3,5,7-12H2,(H,18,21). The van der Waals surface area contributed by atoms with Crippen LogP contribution in [0, 0.1) is 0 Å². The summed E-state index contributed by atoms with van der Waals surface area (Å²) in [7, 11) is 0. The summed E-state index contributed by atoms with van der Waals surface area (Å²) in [5.41, 5.74) is 2.42. The zero-order valence-corrected chi connectivity index (χ0v) is 12.8. The van der Waals surface area contributed by atoms with Crippen molar-refractivity contribution in [2.45, 2.75) is 31.4 Å². The fourth-order valence-electron chi connectivity index (χ4n) is 3.38. The van der Waals surface area contributed by atoms with Gasteiger partial charge in [0.2, 0.25) is 5.91 Å². The molecule has 2 aliphatic rings. The zero-order valence-electron chi connectivity index (χ0n) is 12.8. The number of benzene rings is 1. The van der Waals surface area contributed by atoms with Gasteiger partial charge >= 0.3 is 0 Å². The van der Waals surface area contributed by atoms with E-state index in [2.05, 4.69) is 16.3 Å². The zero-order chi connectivity index (χ0) is 15.4. The maximum atomic E-state index is 12.2. The molecule has 0 radical (unpaired) electrons. The molecule has 2 aliphatic heterocycles. The van der Waals surface area contributed by atoms with Crippen LogP contribution in [0.4, 0.5) is 0 Å². The number of rotatable bonds is 5. The fraction of sp³-hybridized carbons (Fsp3) is 0.588. The molecule has 120 valence electrons. The molecule has 1 amide bonds. The molecule has 1 saturated heterocycles. The highest BCUT2D eigenvalue weighted by molar-refractivity contribution is 5.78. The number of hydrogen-bond donors (Lipinski definition) is 2. The van der Waals surface area contributed by atoms with E-state index < -0.39 is 0 Å². The molecule has 2 unspecified atom stereocenters. The first-order valence-corrected chi connectivity index (χ1v) is 8.09. The molecule has 1 fully saturated rings. The third-order valence-electron chi connectivity index (χ3n) is 4.59. The number of amides is 1. The molecule has 5 heteroatoms. The number of hydrogen-bond acceptors (Lipinski definition) is 4. The predicted molar refractivity (Wildman–Crippen MR) is 83.5 cm³/mol. The van der Waals surface area contributed by atoms with Crippen LogP contribution in [0.15, 0.2) is 24.3 Å². The maximum Gasteiger partial charge on any atom is 0.234 e. The number of aliphatic hydroxyl groups excluding tert-OH is 1. The number of ether oxygens (including phenoxy) is 1. The van der Waals surface area contributed by atoms with Crippen LogP contribution in [0.5, 0.6) is 0 Å². The van der Waals surface area contributed by atoms with Crippen molar-refractivity contribution in [1.29, 1.82) is 0 Å². The minimum Gasteiger partial charge on any atom is -0.394 e. The Hall–Kier alpha value is -1.43. The summed E-state index contributed by atoms with van der Waals surface area (Å²) in [6.45, 7) is 2.56. The monoisotopic (exact) mass is 304 g/mol. The van der Waals surface area contributed by atoms with Crippen molar-refractivity contribution in [3.05, 3.63) is 35.4 Å². The lowest BCUT2D eigenvalue weighted by atomic mass is 9.93. The summed E-state index contributed by atoms with van der Waals surface area (Å²) >= 11 is 0. The highest BCUT2D eigenvalue weighted by Gasteiger charge is 2.28. The molecule has 0 spiro atoms. The lowest BCUT2D eigenvalue weighted by Gasteiger charge is -2.35. The highest BCUT2D eigenvalue weighted by atomic mass is 16.5. The van der Waals surface area contributed by atoms with Gasteiger partial charge in [0.25, 0.3) is 0 Å². The average Bonchev–Trinajstić information content (AvgIpc) is 3.06. The normalized spacial score (nSPS) is 25.0. The van der Waals surface area contributed by atoms with Crippen LogP contribution in [-0.4, -0.2) is 54.9 Å². The summed E-state index contributed by atoms with van der Waals surface area (Å²) in [6, 6.07) is 8.08. The van der Waals surface area contributed by atoms with Gasteiger partial charge < -0.3 is 15.2 Å². The van der Waals surface area contributed by atoms with Gasteiger partial charge in [0, 0.05) is 19.7 Å². The minimum atomic E-state index is -0.0848. The Bertz CT molecular complexity index is 514. The molecule has 0 bridgehead atoms. The number of fused-ring (bicyclic) bond motifs is 1. The van der Waals surface area contributed by atoms with Gasteiger partial charge in [-0.2, -0.15) is 0 Å². The van der Waals surface area contributed by atoms with E-state index in [0.717, 1.165) is 38.0 Å². The van der Waals surface area contributed by atoms with Crippen molar-refractivity contribution in [2.75, 3.05) is 32.8 Å². The van der Waals surface area contributed by atoms with Crippen molar-refractivity contribution in [2.24, 2.45) is 0 Å². The fourth-order valence-corrected chi connectivity index (χ4v) is 3.38. The van der Waals surface area contributed by atoms with Gasteiger partial charge in [-0.1, -0.05) is 24.3 Å². The van der Waals surface area contributed by atoms with Crippen LogP contribution in [0.25, 0.3) is 0 Å². The first kappa shape index (κ1) is 15.5. The molecule has 2 atom stereocenters. The van der Waals surface area contributed by atoms with Gasteiger partial charge in [-0.25, -0.2) is 0 Å². The van der Waals surface area contributed by atoms with Crippen molar-refractivity contribution < 1.29 is 14.6 Å². The van der Waals surface area contributed by atoms with Crippen molar-refractivity contribution >= 4 is 5.91 Å². The SMILES string of the molecule is O=C(CN1CCc2ccccc2C1CO)NCC1CCCO1. The van der Waals surface area contributed by atoms with Gasteiger partial charge in [0.15, 0.2) is 0 Å². The second kappa shape index (κ2) is 7.22. The highest BCUT2D eigenvalue weighted by Crippen LogP contribution is 2.28. The van der Waals surface area contributed by atoms with Gasteiger partial charge in [-0.3, -0.25) is 9.69 Å². The molecule has 2 N–H and O–H groups in total. The average molecular weight is 304 g/mol. The molecule has 1 aromatic rings. The molecule has 0 saturated carbocycles. The first-order valence-electron chi connectivity index (χ1n) is 8.09. The molecule has 5 nitrogen and oxygen atoms in total. The van der Waals surface area contributed by atoms with Crippen LogP contribution < -0.4 is 5.32 Å². The van der Waals surface area contributed by atoms with E-state index in [1.807, 2.05) is 18.2 Å². The largest absolute Gasteiger partial charge is 0.394 e. The second-order valence-electron chi connectivity index (χ2n) is 6.06.